The number of carboxylic acid groups (broad SMARTS) is 1. The maximum absolute atomic E-state index is 11.9. The molecule has 1 aromatic carbocycles. The van der Waals surface area contributed by atoms with Crippen molar-refractivity contribution in [3.8, 4) is 0 Å². The summed E-state index contributed by atoms with van der Waals surface area (Å²) >= 11 is 0. The summed E-state index contributed by atoms with van der Waals surface area (Å²) in [6.45, 7) is 1.99. The number of rotatable bonds is 8. The van der Waals surface area contributed by atoms with Crippen molar-refractivity contribution in [1.29, 1.82) is 0 Å². The van der Waals surface area contributed by atoms with Gasteiger partial charge in [-0.1, -0.05) is 50.1 Å². The van der Waals surface area contributed by atoms with Crippen LogP contribution >= 0.6 is 0 Å². The normalized spacial score (nSPS) is 13.5. The Kier molecular flexibility index (Phi) is 6.73. The van der Waals surface area contributed by atoms with Crippen molar-refractivity contribution in [2.24, 2.45) is 0 Å². The second-order valence-electron chi connectivity index (χ2n) is 4.57. The number of carbonyl (C=O) groups excluding carboxylic acids is 1. The Morgan fingerprint density at radius 3 is 2.45 bits per heavy atom. The van der Waals surface area contributed by atoms with Crippen LogP contribution < -0.4 is 5.32 Å². The Labute approximate surface area is 118 Å². The van der Waals surface area contributed by atoms with Crippen LogP contribution in [0.2, 0.25) is 0 Å². The van der Waals surface area contributed by atoms with E-state index in [4.69, 9.17) is 4.74 Å². The number of carboxylic acids is 1. The minimum atomic E-state index is -0.955. The molecule has 2 unspecified atom stereocenters. The molecule has 1 rings (SSSR count). The minimum absolute atomic E-state index is 0.478. The average molecular weight is 279 g/mol. The number of unbranched alkanes of at least 4 members (excludes halogenated alkanes) is 1. The molecule has 0 bridgehead atoms. The Bertz CT molecular complexity index is 433. The molecule has 5 nitrogen and oxygen atoms in total. The van der Waals surface area contributed by atoms with Gasteiger partial charge in [-0.3, -0.25) is 10.1 Å². The predicted molar refractivity (Wildman–Crippen MR) is 75.3 cm³/mol. The largest absolute Gasteiger partial charge is 0.480 e. The van der Waals surface area contributed by atoms with Crippen LogP contribution in [-0.4, -0.2) is 30.2 Å². The maximum atomic E-state index is 11.9. The van der Waals surface area contributed by atoms with Gasteiger partial charge in [0.1, 0.15) is 12.1 Å². The van der Waals surface area contributed by atoms with Crippen LogP contribution in [-0.2, 0) is 14.3 Å². The first-order valence-electron chi connectivity index (χ1n) is 6.71. The SMILES string of the molecule is CCCCC(NC(C(=O)OC)c1ccccc1)C(=O)O. The maximum Gasteiger partial charge on any atom is 0.327 e. The van der Waals surface area contributed by atoms with Gasteiger partial charge >= 0.3 is 11.9 Å². The number of benzene rings is 1. The molecule has 0 amide bonds. The number of carbonyl (C=O) groups is 2. The first-order valence-corrected chi connectivity index (χ1v) is 6.71. The van der Waals surface area contributed by atoms with Gasteiger partial charge in [-0.05, 0) is 12.0 Å². The summed E-state index contributed by atoms with van der Waals surface area (Å²) in [4.78, 5) is 23.1. The topological polar surface area (TPSA) is 75.6 Å². The van der Waals surface area contributed by atoms with E-state index < -0.39 is 24.0 Å². The zero-order valence-electron chi connectivity index (χ0n) is 11.8. The molecular formula is C15H21NO4. The molecule has 1 aromatic rings. The fraction of sp³-hybridized carbons (Fsp3) is 0.467. The zero-order valence-corrected chi connectivity index (χ0v) is 11.8. The second kappa shape index (κ2) is 8.32. The molecule has 0 spiro atoms. The summed E-state index contributed by atoms with van der Waals surface area (Å²) in [7, 11) is 1.29. The number of nitrogens with one attached hydrogen (secondary N) is 1. The van der Waals surface area contributed by atoms with Gasteiger partial charge in [-0.2, -0.15) is 0 Å². The summed E-state index contributed by atoms with van der Waals surface area (Å²) in [6, 6.07) is 7.45. The second-order valence-corrected chi connectivity index (χ2v) is 4.57. The molecule has 0 aromatic heterocycles. The van der Waals surface area contributed by atoms with Crippen LogP contribution in [0.5, 0.6) is 0 Å². The number of hydrogen-bond acceptors (Lipinski definition) is 4. The smallest absolute Gasteiger partial charge is 0.327 e. The molecule has 0 fully saturated rings. The highest BCUT2D eigenvalue weighted by atomic mass is 16.5. The van der Waals surface area contributed by atoms with E-state index in [-0.39, 0.29) is 0 Å². The summed E-state index contributed by atoms with van der Waals surface area (Å²) in [5.74, 6) is -1.44. The van der Waals surface area contributed by atoms with Gasteiger partial charge in [0, 0.05) is 0 Å². The zero-order chi connectivity index (χ0) is 15.0. The van der Waals surface area contributed by atoms with Crippen LogP contribution in [0.4, 0.5) is 0 Å². The lowest BCUT2D eigenvalue weighted by Gasteiger charge is -2.21. The van der Waals surface area contributed by atoms with Crippen molar-refractivity contribution >= 4 is 11.9 Å². The van der Waals surface area contributed by atoms with E-state index in [2.05, 4.69) is 5.32 Å². The summed E-state index contributed by atoms with van der Waals surface area (Å²) in [6.07, 6.45) is 2.17. The van der Waals surface area contributed by atoms with E-state index in [0.29, 0.717) is 12.0 Å². The number of methoxy groups -OCH3 is 1. The van der Waals surface area contributed by atoms with Crippen LogP contribution in [0, 0.1) is 0 Å². The van der Waals surface area contributed by atoms with Crippen LogP contribution in [0.25, 0.3) is 0 Å². The van der Waals surface area contributed by atoms with Crippen molar-refractivity contribution in [2.75, 3.05) is 7.11 Å². The molecule has 0 saturated heterocycles. The van der Waals surface area contributed by atoms with Crippen LogP contribution in [0.1, 0.15) is 37.8 Å². The standard InChI is InChI=1S/C15H21NO4/c1-3-4-10-12(14(17)18)16-13(15(19)20-2)11-8-6-5-7-9-11/h5-9,12-13,16H,3-4,10H2,1-2H3,(H,17,18). The number of hydrogen-bond donors (Lipinski definition) is 2. The lowest BCUT2D eigenvalue weighted by atomic mass is 10.0. The molecule has 2 N–H and O–H groups in total. The summed E-state index contributed by atoms with van der Waals surface area (Å²) in [5.41, 5.74) is 0.696. The minimum Gasteiger partial charge on any atom is -0.480 e. The fourth-order valence-electron chi connectivity index (χ4n) is 1.95. The number of esters is 1. The van der Waals surface area contributed by atoms with Gasteiger partial charge in [0.15, 0.2) is 0 Å². The first kappa shape index (κ1) is 16.2. The average Bonchev–Trinajstić information content (AvgIpc) is 2.47. The van der Waals surface area contributed by atoms with E-state index in [1.165, 1.54) is 7.11 Å². The molecule has 0 heterocycles. The third kappa shape index (κ3) is 4.66. The highest BCUT2D eigenvalue weighted by molar-refractivity contribution is 5.80. The van der Waals surface area contributed by atoms with Crippen molar-refractivity contribution in [3.05, 3.63) is 35.9 Å². The Morgan fingerprint density at radius 2 is 1.95 bits per heavy atom. The highest BCUT2D eigenvalue weighted by Gasteiger charge is 2.27. The van der Waals surface area contributed by atoms with Crippen molar-refractivity contribution in [2.45, 2.75) is 38.3 Å². The van der Waals surface area contributed by atoms with Crippen molar-refractivity contribution in [3.63, 3.8) is 0 Å². The molecule has 5 heteroatoms. The van der Waals surface area contributed by atoms with E-state index in [1.807, 2.05) is 13.0 Å². The van der Waals surface area contributed by atoms with Crippen LogP contribution in [0.3, 0.4) is 0 Å². The van der Waals surface area contributed by atoms with Crippen LogP contribution in [0.15, 0.2) is 30.3 Å². The molecule has 0 radical (unpaired) electrons. The molecule has 0 aliphatic rings. The number of aliphatic carboxylic acids is 1. The molecule has 110 valence electrons. The molecular weight excluding hydrogens is 258 g/mol. The predicted octanol–water partition coefficient (Wildman–Crippen LogP) is 2.13. The Hall–Kier alpha value is -1.88. The molecule has 2 atom stereocenters. The lowest BCUT2D eigenvalue weighted by Crippen LogP contribution is -2.42. The summed E-state index contributed by atoms with van der Waals surface area (Å²) < 4.78 is 4.76. The van der Waals surface area contributed by atoms with E-state index in [0.717, 1.165) is 12.8 Å². The van der Waals surface area contributed by atoms with Gasteiger partial charge < -0.3 is 9.84 Å². The van der Waals surface area contributed by atoms with Gasteiger partial charge in [-0.25, -0.2) is 4.79 Å². The van der Waals surface area contributed by atoms with E-state index in [9.17, 15) is 14.7 Å². The van der Waals surface area contributed by atoms with Gasteiger partial charge in [-0.15, -0.1) is 0 Å². The van der Waals surface area contributed by atoms with Crippen molar-refractivity contribution in [1.82, 2.24) is 5.32 Å². The quantitative estimate of drug-likeness (QED) is 0.713. The fourth-order valence-corrected chi connectivity index (χ4v) is 1.95. The molecule has 20 heavy (non-hydrogen) atoms. The molecule has 0 aliphatic heterocycles. The van der Waals surface area contributed by atoms with E-state index in [1.54, 1.807) is 24.3 Å². The Morgan fingerprint density at radius 1 is 1.30 bits per heavy atom. The lowest BCUT2D eigenvalue weighted by molar-refractivity contribution is -0.145. The first-order chi connectivity index (χ1) is 9.60. The highest BCUT2D eigenvalue weighted by Crippen LogP contribution is 2.16. The third-order valence-electron chi connectivity index (χ3n) is 3.08. The Balaban J connectivity index is 2.88. The van der Waals surface area contributed by atoms with Gasteiger partial charge in [0.25, 0.3) is 0 Å². The van der Waals surface area contributed by atoms with E-state index >= 15 is 0 Å². The summed E-state index contributed by atoms with van der Waals surface area (Å²) in [5, 5.41) is 12.1. The van der Waals surface area contributed by atoms with Gasteiger partial charge in [0.2, 0.25) is 0 Å². The third-order valence-corrected chi connectivity index (χ3v) is 3.08. The van der Waals surface area contributed by atoms with Gasteiger partial charge in [0.05, 0.1) is 7.11 Å². The molecule has 0 aliphatic carbocycles. The number of ether oxygens (including phenoxy) is 1. The van der Waals surface area contributed by atoms with Crippen molar-refractivity contribution < 1.29 is 19.4 Å². The monoisotopic (exact) mass is 279 g/mol. The molecule has 0 saturated carbocycles.